The summed E-state index contributed by atoms with van der Waals surface area (Å²) in [5.74, 6) is -0.449. The van der Waals surface area contributed by atoms with Crippen LogP contribution in [-0.2, 0) is 14.3 Å². The third kappa shape index (κ3) is 7.72. The number of likely N-dealkylation sites (tertiary alicyclic amines) is 1. The Labute approximate surface area is 280 Å². The highest BCUT2D eigenvalue weighted by molar-refractivity contribution is 6.15. The van der Waals surface area contributed by atoms with Gasteiger partial charge in [-0.05, 0) is 79.9 Å². The molecule has 0 unspecified atom stereocenters. The van der Waals surface area contributed by atoms with Crippen LogP contribution in [0.2, 0.25) is 0 Å². The SMILES string of the molecule is CCN(C(=O)[C@@H]1CCN(CC(=O)N2CC=C(c3ccc(C(=N)OC(=O)NC)cc3)CC2)C1)c1ccc(N)c(C(=N)c2cccc(N)c2)c1. The summed E-state index contributed by atoms with van der Waals surface area (Å²) in [6, 6.07) is 19.7. The van der Waals surface area contributed by atoms with Crippen molar-refractivity contribution >= 4 is 52.2 Å². The van der Waals surface area contributed by atoms with E-state index in [0.29, 0.717) is 79.3 Å². The van der Waals surface area contributed by atoms with Crippen LogP contribution in [0.4, 0.5) is 21.9 Å². The summed E-state index contributed by atoms with van der Waals surface area (Å²) in [7, 11) is 1.43. The van der Waals surface area contributed by atoms with Crippen molar-refractivity contribution in [1.82, 2.24) is 15.1 Å². The number of hydrogen-bond acceptors (Lipinski definition) is 9. The van der Waals surface area contributed by atoms with Crippen molar-refractivity contribution in [3.8, 4) is 0 Å². The van der Waals surface area contributed by atoms with E-state index in [0.717, 1.165) is 11.1 Å². The minimum Gasteiger partial charge on any atom is -0.399 e. The number of anilines is 3. The quantitative estimate of drug-likeness (QED) is 0.132. The van der Waals surface area contributed by atoms with E-state index in [1.807, 2.05) is 42.2 Å². The summed E-state index contributed by atoms with van der Waals surface area (Å²) < 4.78 is 4.89. The van der Waals surface area contributed by atoms with Gasteiger partial charge in [0.05, 0.1) is 18.2 Å². The van der Waals surface area contributed by atoms with Gasteiger partial charge in [-0.15, -0.1) is 0 Å². The number of hydrogen-bond donors (Lipinski definition) is 5. The fourth-order valence-electron chi connectivity index (χ4n) is 6.13. The predicted molar refractivity (Wildman–Crippen MR) is 188 cm³/mol. The van der Waals surface area contributed by atoms with E-state index < -0.39 is 6.09 Å². The van der Waals surface area contributed by atoms with E-state index in [4.69, 9.17) is 27.0 Å². The molecule has 250 valence electrons. The number of nitrogens with zero attached hydrogens (tertiary/aromatic N) is 3. The number of alkyl carbamates (subject to hydrolysis) is 1. The van der Waals surface area contributed by atoms with E-state index >= 15 is 0 Å². The van der Waals surface area contributed by atoms with Crippen molar-refractivity contribution < 1.29 is 19.1 Å². The molecule has 0 radical (unpaired) electrons. The molecule has 12 heteroatoms. The first kappa shape index (κ1) is 33.9. The molecular weight excluding hydrogens is 608 g/mol. The molecule has 5 rings (SSSR count). The van der Waals surface area contributed by atoms with Gasteiger partial charge < -0.3 is 31.3 Å². The van der Waals surface area contributed by atoms with Crippen molar-refractivity contribution in [3.05, 3.63) is 95.1 Å². The Balaban J connectivity index is 1.16. The topological polar surface area (TPSA) is 182 Å². The van der Waals surface area contributed by atoms with Gasteiger partial charge >= 0.3 is 6.09 Å². The summed E-state index contributed by atoms with van der Waals surface area (Å²) >= 11 is 0. The highest BCUT2D eigenvalue weighted by Gasteiger charge is 2.33. The minimum atomic E-state index is -0.691. The zero-order chi connectivity index (χ0) is 34.4. The molecule has 0 aromatic heterocycles. The second kappa shape index (κ2) is 14.9. The Morgan fingerprint density at radius 3 is 2.44 bits per heavy atom. The van der Waals surface area contributed by atoms with Gasteiger partial charge in [-0.2, -0.15) is 0 Å². The molecular formula is C36H42N8O4. The second-order valence-electron chi connectivity index (χ2n) is 11.9. The molecule has 1 atom stereocenters. The van der Waals surface area contributed by atoms with Gasteiger partial charge in [0.2, 0.25) is 17.7 Å². The molecule has 3 aromatic carbocycles. The maximum absolute atomic E-state index is 13.7. The van der Waals surface area contributed by atoms with Gasteiger partial charge in [0.1, 0.15) is 0 Å². The monoisotopic (exact) mass is 650 g/mol. The molecule has 1 saturated heterocycles. The maximum Gasteiger partial charge on any atom is 0.413 e. The minimum absolute atomic E-state index is 0.00875. The molecule has 3 amide bonds. The zero-order valence-electron chi connectivity index (χ0n) is 27.3. The van der Waals surface area contributed by atoms with Crippen molar-refractivity contribution in [3.63, 3.8) is 0 Å². The van der Waals surface area contributed by atoms with E-state index in [-0.39, 0.29) is 35.9 Å². The number of nitrogens with one attached hydrogen (secondary N) is 3. The van der Waals surface area contributed by atoms with Gasteiger partial charge in [0.15, 0.2) is 0 Å². The molecule has 0 bridgehead atoms. The summed E-state index contributed by atoms with van der Waals surface area (Å²) in [4.78, 5) is 44.0. The summed E-state index contributed by atoms with van der Waals surface area (Å²) in [6.07, 6.45) is 2.72. The van der Waals surface area contributed by atoms with E-state index in [1.165, 1.54) is 7.05 Å². The Morgan fingerprint density at radius 2 is 1.77 bits per heavy atom. The van der Waals surface area contributed by atoms with Crippen LogP contribution in [0.15, 0.2) is 72.8 Å². The summed E-state index contributed by atoms with van der Waals surface area (Å²) in [6.45, 7) is 4.88. The van der Waals surface area contributed by atoms with Crippen LogP contribution in [0.25, 0.3) is 5.57 Å². The number of carbonyl (C=O) groups excluding carboxylic acids is 3. The fraction of sp³-hybridized carbons (Fsp3) is 0.306. The standard InChI is InChI=1S/C36H42N8O4/c1-3-44(29-11-12-31(38)30(20-29)33(39)26-5-4-6-28(37)19-26)35(46)27-13-16-42(21-27)22-32(45)43-17-14-24(15-18-43)23-7-9-25(10-8-23)34(40)48-36(47)41-2/h4-12,14,19-20,27,39-40H,3,13,15-18,21-22,37-38H2,1-2H3,(H,41,47)/t27-/m1/s1. The Hall–Kier alpha value is -5.49. The predicted octanol–water partition coefficient (Wildman–Crippen LogP) is 3.94. The van der Waals surface area contributed by atoms with Crippen molar-refractivity contribution in [1.29, 1.82) is 10.8 Å². The third-order valence-electron chi connectivity index (χ3n) is 8.83. The lowest BCUT2D eigenvalue weighted by Crippen LogP contribution is -2.42. The molecule has 0 aliphatic carbocycles. The first-order chi connectivity index (χ1) is 23.1. The molecule has 1 fully saturated rings. The molecule has 48 heavy (non-hydrogen) atoms. The molecule has 2 aliphatic heterocycles. The molecule has 0 spiro atoms. The summed E-state index contributed by atoms with van der Waals surface area (Å²) in [5, 5.41) is 19.0. The van der Waals surface area contributed by atoms with Crippen LogP contribution in [0.3, 0.4) is 0 Å². The maximum atomic E-state index is 13.7. The lowest BCUT2D eigenvalue weighted by atomic mass is 9.98. The van der Waals surface area contributed by atoms with Crippen LogP contribution < -0.4 is 21.7 Å². The smallest absolute Gasteiger partial charge is 0.399 e. The van der Waals surface area contributed by atoms with Crippen LogP contribution in [0, 0.1) is 16.7 Å². The van der Waals surface area contributed by atoms with E-state index in [2.05, 4.69) is 10.2 Å². The van der Waals surface area contributed by atoms with Gasteiger partial charge in [-0.25, -0.2) is 4.79 Å². The number of amides is 3. The molecule has 7 N–H and O–H groups in total. The van der Waals surface area contributed by atoms with Crippen molar-refractivity contribution in [2.24, 2.45) is 5.92 Å². The lowest BCUT2D eigenvalue weighted by molar-refractivity contribution is -0.132. The molecule has 0 saturated carbocycles. The van der Waals surface area contributed by atoms with Crippen LogP contribution in [-0.4, -0.2) is 85.6 Å². The van der Waals surface area contributed by atoms with Crippen LogP contribution in [0.1, 0.15) is 42.0 Å². The number of benzene rings is 3. The average Bonchev–Trinajstić information content (AvgIpc) is 3.57. The van der Waals surface area contributed by atoms with Crippen LogP contribution in [0.5, 0.6) is 0 Å². The Morgan fingerprint density at radius 1 is 1.00 bits per heavy atom. The van der Waals surface area contributed by atoms with Crippen molar-refractivity contribution in [2.45, 2.75) is 19.8 Å². The number of carbonyl (C=O) groups is 3. The molecule has 12 nitrogen and oxygen atoms in total. The molecule has 3 aromatic rings. The zero-order valence-corrected chi connectivity index (χ0v) is 27.3. The van der Waals surface area contributed by atoms with Gasteiger partial charge in [0, 0.05) is 67.0 Å². The van der Waals surface area contributed by atoms with E-state index in [9.17, 15) is 14.4 Å². The number of ether oxygens (including phenoxy) is 1. The number of rotatable bonds is 9. The van der Waals surface area contributed by atoms with E-state index in [1.54, 1.807) is 47.4 Å². The normalized spacial score (nSPS) is 16.2. The fourth-order valence-corrected chi connectivity index (χ4v) is 6.13. The molecule has 2 heterocycles. The van der Waals surface area contributed by atoms with Gasteiger partial charge in [-0.1, -0.05) is 30.3 Å². The molecule has 2 aliphatic rings. The van der Waals surface area contributed by atoms with Gasteiger partial charge in [0.25, 0.3) is 0 Å². The summed E-state index contributed by atoms with van der Waals surface area (Å²) in [5.41, 5.74) is 17.9. The Bertz CT molecular complexity index is 1750. The number of nitrogens with two attached hydrogens (primary N) is 2. The largest absolute Gasteiger partial charge is 0.413 e. The average molecular weight is 651 g/mol. The highest BCUT2D eigenvalue weighted by Crippen LogP contribution is 2.28. The Kier molecular flexibility index (Phi) is 10.5. The number of nitrogen functional groups attached to an aromatic ring is 2. The highest BCUT2D eigenvalue weighted by atomic mass is 16.6. The van der Waals surface area contributed by atoms with Crippen molar-refractivity contribution in [2.75, 3.05) is 62.7 Å². The lowest BCUT2D eigenvalue weighted by Gasteiger charge is -2.29. The first-order valence-corrected chi connectivity index (χ1v) is 16.0. The second-order valence-corrected chi connectivity index (χ2v) is 11.9. The first-order valence-electron chi connectivity index (χ1n) is 16.0. The van der Waals surface area contributed by atoms with Gasteiger partial charge in [-0.3, -0.25) is 25.3 Å². The van der Waals surface area contributed by atoms with Crippen LogP contribution >= 0.6 is 0 Å². The third-order valence-corrected chi connectivity index (χ3v) is 8.83.